The highest BCUT2D eigenvalue weighted by molar-refractivity contribution is 5.72. The third kappa shape index (κ3) is 10.2. The lowest BCUT2D eigenvalue weighted by molar-refractivity contribution is -0.438. The van der Waals surface area contributed by atoms with Crippen LogP contribution in [0.25, 0.3) is 0 Å². The monoisotopic (exact) mass is 492 g/mol. The minimum absolute atomic E-state index is 0.0931. The van der Waals surface area contributed by atoms with Crippen molar-refractivity contribution in [2.75, 3.05) is 35.6 Å². The Balaban J connectivity index is 0.000000400. The molecule has 0 fully saturated rings. The van der Waals surface area contributed by atoms with Crippen LogP contribution < -0.4 is 21.7 Å². The van der Waals surface area contributed by atoms with Gasteiger partial charge in [-0.15, -0.1) is 0 Å². The molecule has 196 valence electrons. The lowest BCUT2D eigenvalue weighted by atomic mass is 10.1. The number of aliphatic hydroxyl groups excluding tert-OH is 1. The molecule has 1 aliphatic carbocycles. The summed E-state index contributed by atoms with van der Waals surface area (Å²) in [5, 5.41) is 34.0. The summed E-state index contributed by atoms with van der Waals surface area (Å²) in [6.45, 7) is 8.99. The number of hydrogen-bond acceptors (Lipinski definition) is 9. The van der Waals surface area contributed by atoms with Gasteiger partial charge in [0.05, 0.1) is 39.1 Å². The smallest absolute Gasteiger partial charge is 0.294 e. The summed E-state index contributed by atoms with van der Waals surface area (Å²) in [5.41, 5.74) is 13.7. The van der Waals surface area contributed by atoms with Gasteiger partial charge < -0.3 is 26.8 Å². The minimum Gasteiger partial charge on any atom is -0.397 e. The van der Waals surface area contributed by atoms with Gasteiger partial charge in [-0.1, -0.05) is 32.6 Å². The van der Waals surface area contributed by atoms with E-state index in [1.54, 1.807) is 0 Å². The Bertz CT molecular complexity index is 898. The molecule has 2 rings (SSSR count). The van der Waals surface area contributed by atoms with Crippen LogP contribution in [0.4, 0.5) is 17.1 Å². The Labute approximate surface area is 207 Å². The molecule has 1 atom stereocenters. The number of benzene rings is 1. The van der Waals surface area contributed by atoms with Gasteiger partial charge in [0.1, 0.15) is 0 Å². The third-order valence-corrected chi connectivity index (χ3v) is 5.80. The van der Waals surface area contributed by atoms with Gasteiger partial charge >= 0.3 is 0 Å². The molecule has 1 aliphatic rings. The SMILES string of the molecule is CCCCCCC(O)CNc1cc(N(CC)CC)ccc1N.NC1=C([N+](=O)[O-])C=C([N+](=O)[O-])CC1. The van der Waals surface area contributed by atoms with Crippen LogP contribution >= 0.6 is 0 Å². The third-order valence-electron chi connectivity index (χ3n) is 5.80. The first-order valence-corrected chi connectivity index (χ1v) is 12.2. The number of aliphatic hydroxyl groups is 1. The number of unbranched alkanes of at least 4 members (excludes halogenated alkanes) is 3. The van der Waals surface area contributed by atoms with Gasteiger partial charge in [-0.2, -0.15) is 0 Å². The van der Waals surface area contributed by atoms with Crippen molar-refractivity contribution in [3.8, 4) is 0 Å². The average Bonchev–Trinajstić information content (AvgIpc) is 2.83. The molecule has 0 saturated heterocycles. The van der Waals surface area contributed by atoms with Crippen LogP contribution in [0.15, 0.2) is 41.4 Å². The van der Waals surface area contributed by atoms with E-state index in [9.17, 15) is 25.3 Å². The van der Waals surface area contributed by atoms with Crippen molar-refractivity contribution in [2.24, 2.45) is 5.73 Å². The molecule has 1 unspecified atom stereocenters. The lowest BCUT2D eigenvalue weighted by Gasteiger charge is -2.23. The second kappa shape index (κ2) is 15.5. The van der Waals surface area contributed by atoms with E-state index in [0.717, 1.165) is 43.4 Å². The van der Waals surface area contributed by atoms with Crippen LogP contribution in [0.2, 0.25) is 0 Å². The zero-order chi connectivity index (χ0) is 26.4. The van der Waals surface area contributed by atoms with Gasteiger partial charge in [-0.05, 0) is 38.5 Å². The first-order chi connectivity index (χ1) is 16.6. The summed E-state index contributed by atoms with van der Waals surface area (Å²) in [7, 11) is 0. The van der Waals surface area contributed by atoms with Gasteiger partial charge in [-0.25, -0.2) is 0 Å². The number of nitrogen functional groups attached to an aromatic ring is 1. The average molecular weight is 493 g/mol. The Hall–Kier alpha value is -3.34. The van der Waals surface area contributed by atoms with Crippen molar-refractivity contribution in [3.05, 3.63) is 61.6 Å². The summed E-state index contributed by atoms with van der Waals surface area (Å²) >= 11 is 0. The molecule has 0 aromatic heterocycles. The van der Waals surface area contributed by atoms with E-state index in [1.807, 2.05) is 6.07 Å². The largest absolute Gasteiger partial charge is 0.397 e. The summed E-state index contributed by atoms with van der Waals surface area (Å²) in [5.74, 6) is 0. The maximum Gasteiger partial charge on any atom is 0.294 e. The molecule has 1 aromatic rings. The molecular weight excluding hydrogens is 452 g/mol. The van der Waals surface area contributed by atoms with E-state index >= 15 is 0 Å². The Kier molecular flexibility index (Phi) is 13.2. The van der Waals surface area contributed by atoms with E-state index < -0.39 is 9.85 Å². The van der Waals surface area contributed by atoms with Crippen LogP contribution in [-0.2, 0) is 0 Å². The number of anilines is 3. The first-order valence-electron chi connectivity index (χ1n) is 12.2. The molecular formula is C24H40N6O5. The fourth-order valence-electron chi connectivity index (χ4n) is 3.65. The fourth-order valence-corrected chi connectivity index (χ4v) is 3.65. The normalized spacial score (nSPS) is 13.9. The first kappa shape index (κ1) is 29.7. The zero-order valence-electron chi connectivity index (χ0n) is 21.0. The summed E-state index contributed by atoms with van der Waals surface area (Å²) in [6, 6.07) is 6.06. The van der Waals surface area contributed by atoms with Crippen LogP contribution in [0.5, 0.6) is 0 Å². The van der Waals surface area contributed by atoms with E-state index in [-0.39, 0.29) is 36.0 Å². The van der Waals surface area contributed by atoms with Gasteiger partial charge in [0.2, 0.25) is 0 Å². The molecule has 0 aliphatic heterocycles. The van der Waals surface area contributed by atoms with Crippen LogP contribution in [0, 0.1) is 20.2 Å². The van der Waals surface area contributed by atoms with Crippen molar-refractivity contribution in [2.45, 2.75) is 71.8 Å². The molecule has 1 aromatic carbocycles. The van der Waals surface area contributed by atoms with Crippen molar-refractivity contribution in [3.63, 3.8) is 0 Å². The van der Waals surface area contributed by atoms with E-state index in [1.165, 1.54) is 24.9 Å². The highest BCUT2D eigenvalue weighted by Crippen LogP contribution is 2.26. The van der Waals surface area contributed by atoms with Crippen LogP contribution in [0.3, 0.4) is 0 Å². The molecule has 6 N–H and O–H groups in total. The summed E-state index contributed by atoms with van der Waals surface area (Å²) in [6.07, 6.45) is 6.54. The lowest BCUT2D eigenvalue weighted by Crippen LogP contribution is -2.23. The van der Waals surface area contributed by atoms with E-state index in [4.69, 9.17) is 11.5 Å². The molecule has 0 heterocycles. The number of rotatable bonds is 13. The Morgan fingerprint density at radius 3 is 2.31 bits per heavy atom. The number of nitrogens with zero attached hydrogens (tertiary/aromatic N) is 3. The predicted octanol–water partition coefficient (Wildman–Crippen LogP) is 4.25. The number of hydrogen-bond donors (Lipinski definition) is 4. The molecule has 0 spiro atoms. The molecule has 0 radical (unpaired) electrons. The van der Waals surface area contributed by atoms with Crippen molar-refractivity contribution in [1.29, 1.82) is 0 Å². The second-order valence-electron chi connectivity index (χ2n) is 8.39. The van der Waals surface area contributed by atoms with Crippen molar-refractivity contribution in [1.82, 2.24) is 0 Å². The van der Waals surface area contributed by atoms with Gasteiger partial charge in [0, 0.05) is 38.2 Å². The van der Waals surface area contributed by atoms with Crippen LogP contribution in [-0.4, -0.2) is 40.7 Å². The maximum atomic E-state index is 10.3. The van der Waals surface area contributed by atoms with Gasteiger partial charge in [0.15, 0.2) is 0 Å². The van der Waals surface area contributed by atoms with Crippen LogP contribution in [0.1, 0.15) is 65.7 Å². The van der Waals surface area contributed by atoms with Crippen molar-refractivity contribution >= 4 is 17.1 Å². The quantitative estimate of drug-likeness (QED) is 0.136. The number of nitro groups is 2. The zero-order valence-corrected chi connectivity index (χ0v) is 21.0. The van der Waals surface area contributed by atoms with Gasteiger partial charge in [-0.3, -0.25) is 20.2 Å². The highest BCUT2D eigenvalue weighted by atomic mass is 16.6. The van der Waals surface area contributed by atoms with Crippen molar-refractivity contribution < 1.29 is 15.0 Å². The molecule has 11 nitrogen and oxygen atoms in total. The van der Waals surface area contributed by atoms with E-state index in [2.05, 4.69) is 43.1 Å². The fraction of sp³-hybridized carbons (Fsp3) is 0.583. The number of nitrogens with one attached hydrogen (secondary N) is 1. The molecule has 0 amide bonds. The van der Waals surface area contributed by atoms with E-state index in [0.29, 0.717) is 6.54 Å². The molecule has 0 saturated carbocycles. The maximum absolute atomic E-state index is 10.3. The number of allylic oxidation sites excluding steroid dienone is 3. The standard InChI is InChI=1S/C18H33N3O.C6H7N3O4/c1-4-7-8-9-10-16(22)14-20-18-13-15(11-12-17(18)19)21(5-2)6-3;7-5-2-1-4(8(10)11)3-6(5)9(12)13/h11-13,16,20,22H,4-10,14,19H2,1-3H3;3H,1-2,7H2. The summed E-state index contributed by atoms with van der Waals surface area (Å²) in [4.78, 5) is 21.6. The summed E-state index contributed by atoms with van der Waals surface area (Å²) < 4.78 is 0. The highest BCUT2D eigenvalue weighted by Gasteiger charge is 2.25. The Morgan fingerprint density at radius 2 is 1.74 bits per heavy atom. The van der Waals surface area contributed by atoms with Gasteiger partial charge in [0.25, 0.3) is 11.4 Å². The molecule has 0 bridgehead atoms. The second-order valence-corrected chi connectivity index (χ2v) is 8.39. The topological polar surface area (TPSA) is 174 Å². The molecule has 35 heavy (non-hydrogen) atoms. The minimum atomic E-state index is -0.710. The predicted molar refractivity (Wildman–Crippen MR) is 140 cm³/mol. The Morgan fingerprint density at radius 1 is 1.06 bits per heavy atom. The number of nitrogens with two attached hydrogens (primary N) is 2. The molecule has 11 heteroatoms.